The summed E-state index contributed by atoms with van der Waals surface area (Å²) in [5, 5.41) is 18.4. The van der Waals surface area contributed by atoms with Crippen LogP contribution in [0.1, 0.15) is 0 Å². The number of hydrogen-bond donors (Lipinski definition) is 1. The Hall–Kier alpha value is -3.28. The standard InChI is InChI=1S/C17H14N6/c1-23-17(11-19-22-23)15-8-4-13(5-9-15)12-2-6-14(7-3-12)16-10-18-21-20-16/h2-11H,1H3,(H,18,20,21). The molecule has 0 amide bonds. The fourth-order valence-corrected chi connectivity index (χ4v) is 2.56. The van der Waals surface area contributed by atoms with Crippen LogP contribution in [0.3, 0.4) is 0 Å². The van der Waals surface area contributed by atoms with Gasteiger partial charge in [-0.25, -0.2) is 4.68 Å². The Labute approximate surface area is 132 Å². The van der Waals surface area contributed by atoms with E-state index in [1.807, 2.05) is 19.2 Å². The van der Waals surface area contributed by atoms with Gasteiger partial charge in [-0.3, -0.25) is 0 Å². The van der Waals surface area contributed by atoms with Crippen LogP contribution in [0, 0.1) is 0 Å². The normalized spacial score (nSPS) is 10.8. The Balaban J connectivity index is 1.62. The van der Waals surface area contributed by atoms with Gasteiger partial charge in [-0.1, -0.05) is 53.7 Å². The SMILES string of the molecule is Cn1nncc1-c1ccc(-c2ccc(-c3cn[nH]n3)cc2)cc1. The summed E-state index contributed by atoms with van der Waals surface area (Å²) in [7, 11) is 1.89. The minimum absolute atomic E-state index is 0.843. The number of benzene rings is 2. The van der Waals surface area contributed by atoms with Crippen molar-refractivity contribution in [3.63, 3.8) is 0 Å². The molecular weight excluding hydrogens is 288 g/mol. The first-order valence-electron chi connectivity index (χ1n) is 7.23. The van der Waals surface area contributed by atoms with Gasteiger partial charge in [0.1, 0.15) is 5.69 Å². The van der Waals surface area contributed by atoms with Crippen LogP contribution >= 0.6 is 0 Å². The molecule has 0 aliphatic heterocycles. The zero-order valence-corrected chi connectivity index (χ0v) is 12.5. The monoisotopic (exact) mass is 302 g/mol. The highest BCUT2D eigenvalue weighted by atomic mass is 15.4. The lowest BCUT2D eigenvalue weighted by atomic mass is 10.0. The smallest absolute Gasteiger partial charge is 0.112 e. The maximum Gasteiger partial charge on any atom is 0.112 e. The number of aromatic nitrogens is 6. The third-order valence-corrected chi connectivity index (χ3v) is 3.82. The molecule has 2 heterocycles. The minimum atomic E-state index is 0.843. The second-order valence-electron chi connectivity index (χ2n) is 5.25. The first-order valence-corrected chi connectivity index (χ1v) is 7.23. The fraction of sp³-hybridized carbons (Fsp3) is 0.0588. The second kappa shape index (κ2) is 5.49. The largest absolute Gasteiger partial charge is 0.248 e. The van der Waals surface area contributed by atoms with Crippen LogP contribution in [0.5, 0.6) is 0 Å². The zero-order chi connectivity index (χ0) is 15.6. The summed E-state index contributed by atoms with van der Waals surface area (Å²) >= 11 is 0. The highest BCUT2D eigenvalue weighted by Crippen LogP contribution is 2.26. The van der Waals surface area contributed by atoms with E-state index in [0.29, 0.717) is 0 Å². The average molecular weight is 302 g/mol. The number of aromatic amines is 1. The van der Waals surface area contributed by atoms with Gasteiger partial charge >= 0.3 is 0 Å². The van der Waals surface area contributed by atoms with Gasteiger partial charge < -0.3 is 0 Å². The summed E-state index contributed by atoms with van der Waals surface area (Å²) in [6.07, 6.45) is 3.48. The molecule has 0 atom stereocenters. The van der Waals surface area contributed by atoms with Gasteiger partial charge in [-0.15, -0.1) is 5.10 Å². The predicted octanol–water partition coefficient (Wildman–Crippen LogP) is 2.93. The maximum absolute atomic E-state index is 4.09. The van der Waals surface area contributed by atoms with E-state index in [9.17, 15) is 0 Å². The Morgan fingerprint density at radius 1 is 0.783 bits per heavy atom. The molecule has 0 aliphatic rings. The van der Waals surface area contributed by atoms with Gasteiger partial charge in [-0.2, -0.15) is 15.4 Å². The molecule has 23 heavy (non-hydrogen) atoms. The van der Waals surface area contributed by atoms with Gasteiger partial charge in [0.15, 0.2) is 0 Å². The first-order chi connectivity index (χ1) is 11.3. The molecule has 6 nitrogen and oxygen atoms in total. The molecule has 0 fully saturated rings. The number of nitrogens with one attached hydrogen (secondary N) is 1. The summed E-state index contributed by atoms with van der Waals surface area (Å²) in [5.74, 6) is 0. The van der Waals surface area contributed by atoms with Crippen molar-refractivity contribution in [3.05, 3.63) is 60.9 Å². The number of nitrogens with zero attached hydrogens (tertiary/aromatic N) is 5. The molecular formula is C17H14N6. The summed E-state index contributed by atoms with van der Waals surface area (Å²) in [6, 6.07) is 16.6. The summed E-state index contributed by atoms with van der Waals surface area (Å²) < 4.78 is 1.77. The molecule has 0 radical (unpaired) electrons. The van der Waals surface area contributed by atoms with E-state index in [0.717, 1.165) is 33.6 Å². The molecule has 4 rings (SSSR count). The lowest BCUT2D eigenvalue weighted by Gasteiger charge is -2.05. The van der Waals surface area contributed by atoms with E-state index in [1.54, 1.807) is 17.1 Å². The second-order valence-corrected chi connectivity index (χ2v) is 5.25. The molecule has 0 aliphatic carbocycles. The first kappa shape index (κ1) is 13.4. The van der Waals surface area contributed by atoms with E-state index in [-0.39, 0.29) is 0 Å². The van der Waals surface area contributed by atoms with Crippen LogP contribution in [0.25, 0.3) is 33.6 Å². The lowest BCUT2D eigenvalue weighted by Crippen LogP contribution is -1.93. The topological polar surface area (TPSA) is 72.3 Å². The van der Waals surface area contributed by atoms with E-state index in [1.165, 1.54) is 0 Å². The Morgan fingerprint density at radius 3 is 1.91 bits per heavy atom. The van der Waals surface area contributed by atoms with Crippen molar-refractivity contribution in [2.75, 3.05) is 0 Å². The van der Waals surface area contributed by atoms with Crippen molar-refractivity contribution in [2.45, 2.75) is 0 Å². The molecule has 0 spiro atoms. The highest BCUT2D eigenvalue weighted by Gasteiger charge is 2.05. The third-order valence-electron chi connectivity index (χ3n) is 3.82. The third kappa shape index (κ3) is 2.50. The minimum Gasteiger partial charge on any atom is -0.248 e. The molecule has 0 saturated heterocycles. The number of rotatable bonds is 3. The molecule has 0 saturated carbocycles. The van der Waals surface area contributed by atoms with Gasteiger partial charge in [0.2, 0.25) is 0 Å². The number of aryl methyl sites for hydroxylation is 1. The van der Waals surface area contributed by atoms with E-state index < -0.39 is 0 Å². The highest BCUT2D eigenvalue weighted by molar-refractivity contribution is 5.71. The maximum atomic E-state index is 4.09. The molecule has 1 N–H and O–H groups in total. The predicted molar refractivity (Wildman–Crippen MR) is 87.3 cm³/mol. The van der Waals surface area contributed by atoms with Crippen LogP contribution in [0.4, 0.5) is 0 Å². The Kier molecular flexibility index (Phi) is 3.20. The number of hydrogen-bond acceptors (Lipinski definition) is 4. The van der Waals surface area contributed by atoms with Crippen molar-refractivity contribution in [2.24, 2.45) is 7.05 Å². The van der Waals surface area contributed by atoms with Gasteiger partial charge in [0.25, 0.3) is 0 Å². The van der Waals surface area contributed by atoms with Crippen LogP contribution in [-0.4, -0.2) is 30.4 Å². The molecule has 0 bridgehead atoms. The van der Waals surface area contributed by atoms with Crippen molar-refractivity contribution in [1.82, 2.24) is 30.4 Å². The van der Waals surface area contributed by atoms with Crippen molar-refractivity contribution >= 4 is 0 Å². The summed E-state index contributed by atoms with van der Waals surface area (Å²) in [5.41, 5.74) is 6.30. The van der Waals surface area contributed by atoms with Crippen molar-refractivity contribution < 1.29 is 0 Å². The molecule has 112 valence electrons. The van der Waals surface area contributed by atoms with E-state index in [2.05, 4.69) is 62.1 Å². The van der Waals surface area contributed by atoms with Gasteiger partial charge in [0.05, 0.1) is 18.1 Å². The molecule has 2 aromatic heterocycles. The quantitative estimate of drug-likeness (QED) is 0.631. The Bertz CT molecular complexity index is 905. The summed E-state index contributed by atoms with van der Waals surface area (Å²) in [4.78, 5) is 0. The Morgan fingerprint density at radius 2 is 1.39 bits per heavy atom. The van der Waals surface area contributed by atoms with Crippen LogP contribution in [0.15, 0.2) is 60.9 Å². The van der Waals surface area contributed by atoms with Crippen LogP contribution in [-0.2, 0) is 7.05 Å². The summed E-state index contributed by atoms with van der Waals surface area (Å²) in [6.45, 7) is 0. The van der Waals surface area contributed by atoms with Crippen LogP contribution in [0.2, 0.25) is 0 Å². The fourth-order valence-electron chi connectivity index (χ4n) is 2.56. The molecule has 2 aromatic carbocycles. The van der Waals surface area contributed by atoms with E-state index >= 15 is 0 Å². The lowest BCUT2D eigenvalue weighted by molar-refractivity contribution is 0.720. The number of H-pyrrole nitrogens is 1. The van der Waals surface area contributed by atoms with Gasteiger partial charge in [0, 0.05) is 18.2 Å². The molecule has 0 unspecified atom stereocenters. The zero-order valence-electron chi connectivity index (χ0n) is 12.5. The van der Waals surface area contributed by atoms with E-state index in [4.69, 9.17) is 0 Å². The van der Waals surface area contributed by atoms with Gasteiger partial charge in [-0.05, 0) is 11.1 Å². The average Bonchev–Trinajstić information content (AvgIpc) is 3.27. The molecule has 4 aromatic rings. The molecule has 6 heteroatoms. The van der Waals surface area contributed by atoms with Crippen LogP contribution < -0.4 is 0 Å². The van der Waals surface area contributed by atoms with Crippen molar-refractivity contribution in [1.29, 1.82) is 0 Å². The van der Waals surface area contributed by atoms with Crippen molar-refractivity contribution in [3.8, 4) is 33.6 Å².